The van der Waals surface area contributed by atoms with E-state index in [1.807, 2.05) is 37.8 Å². The molecule has 154 valence electrons. The van der Waals surface area contributed by atoms with Crippen LogP contribution in [-0.4, -0.2) is 28.3 Å². The lowest BCUT2D eigenvalue weighted by molar-refractivity contribution is 0.239. The maximum atomic E-state index is 13.6. The van der Waals surface area contributed by atoms with Crippen molar-refractivity contribution in [1.82, 2.24) is 9.78 Å². The Morgan fingerprint density at radius 1 is 1.21 bits per heavy atom. The van der Waals surface area contributed by atoms with Crippen LogP contribution in [0.1, 0.15) is 58.6 Å². The summed E-state index contributed by atoms with van der Waals surface area (Å²) < 4.78 is 21.3. The molecule has 1 unspecified atom stereocenters. The normalized spacial score (nSPS) is 14.4. The molecular weight excluding hydrogens is 353 g/mol. The third-order valence-electron chi connectivity index (χ3n) is 5.16. The second kappa shape index (κ2) is 10.4. The first kappa shape index (κ1) is 22.1. The third-order valence-corrected chi connectivity index (χ3v) is 5.16. The summed E-state index contributed by atoms with van der Waals surface area (Å²) in [6.07, 6.45) is 6.62. The van der Waals surface area contributed by atoms with Gasteiger partial charge >= 0.3 is 0 Å². The molecule has 1 aromatic heterocycles. The summed E-state index contributed by atoms with van der Waals surface area (Å²) in [5, 5.41) is 4.46. The molecule has 0 radical (unpaired) electrons. The molecule has 0 fully saturated rings. The molecule has 0 aliphatic rings. The number of hydrogen-bond acceptors (Lipinski definition) is 3. The summed E-state index contributed by atoms with van der Waals surface area (Å²) >= 11 is 0. The molecule has 4 nitrogen and oxygen atoms in total. The smallest absolute Gasteiger partial charge is 0.126 e. The average molecular weight is 388 g/mol. The van der Waals surface area contributed by atoms with Crippen molar-refractivity contribution in [2.75, 3.05) is 6.54 Å². The van der Waals surface area contributed by atoms with Gasteiger partial charge in [-0.3, -0.25) is 4.99 Å². The Morgan fingerprint density at radius 3 is 2.57 bits per heavy atom. The summed E-state index contributed by atoms with van der Waals surface area (Å²) in [4.78, 5) is 4.87. The minimum absolute atomic E-state index is 0.00282. The lowest BCUT2D eigenvalue weighted by atomic mass is 9.90. The number of ether oxygens (including phenoxy) is 1. The van der Waals surface area contributed by atoms with Crippen LogP contribution in [0.25, 0.3) is 0 Å². The Balaban J connectivity index is 2.16. The predicted octanol–water partition coefficient (Wildman–Crippen LogP) is 5.68. The number of hydrogen-bond donors (Lipinski definition) is 0. The number of aryl methyl sites for hydroxylation is 1. The molecule has 0 aliphatic heterocycles. The molecule has 0 N–H and O–H groups in total. The standard InChI is InChI=1S/C23H34FN3O/c1-7-18(5)19(6)12-23(27-15-17(4)14-26-27)25-11-10-20-8-9-21(24)13-22(20)28-16(2)3/h8-9,13-16,18-19H,7,10-12H2,1-6H3/t18-,19?/m1/s1. The molecule has 2 rings (SSSR count). The van der Waals surface area contributed by atoms with Crippen molar-refractivity contribution in [3.05, 3.63) is 47.5 Å². The van der Waals surface area contributed by atoms with Crippen LogP contribution in [0.3, 0.4) is 0 Å². The van der Waals surface area contributed by atoms with E-state index in [0.29, 0.717) is 30.6 Å². The highest BCUT2D eigenvalue weighted by Gasteiger charge is 2.15. The van der Waals surface area contributed by atoms with Gasteiger partial charge in [0.05, 0.1) is 12.3 Å². The van der Waals surface area contributed by atoms with Crippen LogP contribution in [0.15, 0.2) is 35.6 Å². The largest absolute Gasteiger partial charge is 0.491 e. The molecule has 1 heterocycles. The van der Waals surface area contributed by atoms with Crippen LogP contribution in [0.5, 0.6) is 5.75 Å². The molecule has 0 saturated carbocycles. The van der Waals surface area contributed by atoms with Gasteiger partial charge in [-0.05, 0) is 56.2 Å². The molecule has 0 bridgehead atoms. The topological polar surface area (TPSA) is 39.4 Å². The van der Waals surface area contributed by atoms with E-state index in [2.05, 4.69) is 25.9 Å². The Hall–Kier alpha value is -2.17. The summed E-state index contributed by atoms with van der Waals surface area (Å²) in [5.41, 5.74) is 2.10. The van der Waals surface area contributed by atoms with Gasteiger partial charge in [-0.2, -0.15) is 5.10 Å². The third kappa shape index (κ3) is 6.47. The van der Waals surface area contributed by atoms with E-state index in [4.69, 9.17) is 9.73 Å². The Morgan fingerprint density at radius 2 is 1.96 bits per heavy atom. The highest BCUT2D eigenvalue weighted by Crippen LogP contribution is 2.23. The van der Waals surface area contributed by atoms with Gasteiger partial charge in [0.25, 0.3) is 0 Å². The second-order valence-electron chi connectivity index (χ2n) is 8.00. The lowest BCUT2D eigenvalue weighted by Crippen LogP contribution is -2.20. The molecule has 0 spiro atoms. The Kier molecular flexibility index (Phi) is 8.21. The van der Waals surface area contributed by atoms with E-state index >= 15 is 0 Å². The highest BCUT2D eigenvalue weighted by atomic mass is 19.1. The molecule has 5 heteroatoms. The van der Waals surface area contributed by atoms with Crippen LogP contribution < -0.4 is 4.74 Å². The van der Waals surface area contributed by atoms with Crippen molar-refractivity contribution in [1.29, 1.82) is 0 Å². The first-order chi connectivity index (χ1) is 13.3. The Labute approximate surface area is 168 Å². The monoisotopic (exact) mass is 387 g/mol. The minimum Gasteiger partial charge on any atom is -0.491 e. The summed E-state index contributed by atoms with van der Waals surface area (Å²) in [6.45, 7) is 13.3. The zero-order valence-corrected chi connectivity index (χ0v) is 18.1. The van der Waals surface area contributed by atoms with E-state index in [0.717, 1.165) is 29.8 Å². The molecule has 2 atom stereocenters. The van der Waals surface area contributed by atoms with Crippen molar-refractivity contribution in [3.8, 4) is 5.75 Å². The fourth-order valence-corrected chi connectivity index (χ4v) is 3.08. The van der Waals surface area contributed by atoms with Gasteiger partial charge in [0, 0.05) is 25.2 Å². The zero-order chi connectivity index (χ0) is 20.7. The van der Waals surface area contributed by atoms with Crippen molar-refractivity contribution < 1.29 is 9.13 Å². The first-order valence-electron chi connectivity index (χ1n) is 10.3. The van der Waals surface area contributed by atoms with Gasteiger partial charge in [0.2, 0.25) is 0 Å². The molecule has 1 aromatic carbocycles. The first-order valence-corrected chi connectivity index (χ1v) is 10.3. The van der Waals surface area contributed by atoms with Gasteiger partial charge in [-0.15, -0.1) is 0 Å². The number of nitrogens with zero attached hydrogens (tertiary/aromatic N) is 3. The maximum Gasteiger partial charge on any atom is 0.126 e. The zero-order valence-electron chi connectivity index (χ0n) is 18.1. The minimum atomic E-state index is -0.280. The van der Waals surface area contributed by atoms with Gasteiger partial charge in [-0.25, -0.2) is 9.07 Å². The summed E-state index contributed by atoms with van der Waals surface area (Å²) in [5.74, 6) is 2.46. The molecule has 28 heavy (non-hydrogen) atoms. The molecule has 0 aliphatic carbocycles. The predicted molar refractivity (Wildman–Crippen MR) is 114 cm³/mol. The van der Waals surface area contributed by atoms with Crippen LogP contribution in [-0.2, 0) is 6.42 Å². The maximum absolute atomic E-state index is 13.6. The SMILES string of the molecule is CC[C@@H](C)C(C)CC(=NCCc1ccc(F)cc1OC(C)C)n1cc(C)cn1. The van der Waals surface area contributed by atoms with Crippen molar-refractivity contribution in [3.63, 3.8) is 0 Å². The van der Waals surface area contributed by atoms with Crippen molar-refractivity contribution in [2.24, 2.45) is 16.8 Å². The van der Waals surface area contributed by atoms with Gasteiger partial charge in [0.15, 0.2) is 0 Å². The highest BCUT2D eigenvalue weighted by molar-refractivity contribution is 5.84. The fourth-order valence-electron chi connectivity index (χ4n) is 3.08. The van der Waals surface area contributed by atoms with Gasteiger partial charge in [-0.1, -0.05) is 33.3 Å². The van der Waals surface area contributed by atoms with E-state index < -0.39 is 0 Å². The summed E-state index contributed by atoms with van der Waals surface area (Å²) in [6, 6.07) is 4.74. The lowest BCUT2D eigenvalue weighted by Gasteiger charge is -2.19. The van der Waals surface area contributed by atoms with Crippen LogP contribution >= 0.6 is 0 Å². The quantitative estimate of drug-likeness (QED) is 0.410. The number of aliphatic imine (C=N–C) groups is 1. The fraction of sp³-hybridized carbons (Fsp3) is 0.565. The van der Waals surface area contributed by atoms with E-state index in [-0.39, 0.29) is 11.9 Å². The number of halogens is 1. The van der Waals surface area contributed by atoms with Crippen LogP contribution in [0, 0.1) is 24.6 Å². The molecule has 0 amide bonds. The summed E-state index contributed by atoms with van der Waals surface area (Å²) in [7, 11) is 0. The average Bonchev–Trinajstić information content (AvgIpc) is 3.07. The molecule has 2 aromatic rings. The second-order valence-corrected chi connectivity index (χ2v) is 8.00. The molecular formula is C23H34FN3O. The number of aromatic nitrogens is 2. The molecule has 0 saturated heterocycles. The van der Waals surface area contributed by atoms with Crippen LogP contribution in [0.2, 0.25) is 0 Å². The van der Waals surface area contributed by atoms with E-state index in [1.165, 1.54) is 12.1 Å². The van der Waals surface area contributed by atoms with Crippen LogP contribution in [0.4, 0.5) is 4.39 Å². The Bertz CT molecular complexity index is 782. The van der Waals surface area contributed by atoms with Gasteiger partial charge < -0.3 is 4.74 Å². The van der Waals surface area contributed by atoms with E-state index in [1.54, 1.807) is 6.07 Å². The van der Waals surface area contributed by atoms with Crippen molar-refractivity contribution in [2.45, 2.75) is 66.9 Å². The van der Waals surface area contributed by atoms with Crippen molar-refractivity contribution >= 4 is 5.84 Å². The van der Waals surface area contributed by atoms with Gasteiger partial charge in [0.1, 0.15) is 17.4 Å². The number of benzene rings is 1. The van der Waals surface area contributed by atoms with E-state index in [9.17, 15) is 4.39 Å². The number of rotatable bonds is 9.